The molecule has 3 heteroatoms. The highest BCUT2D eigenvalue weighted by molar-refractivity contribution is 4.79. The van der Waals surface area contributed by atoms with Crippen LogP contribution in [-0.4, -0.2) is 36.2 Å². The van der Waals surface area contributed by atoms with E-state index < -0.39 is 0 Å². The van der Waals surface area contributed by atoms with Crippen LogP contribution >= 0.6 is 0 Å². The van der Waals surface area contributed by atoms with Gasteiger partial charge in [0.15, 0.2) is 0 Å². The van der Waals surface area contributed by atoms with Gasteiger partial charge in [-0.05, 0) is 33.6 Å². The molecule has 0 saturated carbocycles. The van der Waals surface area contributed by atoms with E-state index in [0.29, 0.717) is 24.7 Å². The molecule has 0 aromatic heterocycles. The Morgan fingerprint density at radius 3 is 2.67 bits per heavy atom. The number of nitriles is 1. The molecule has 1 aliphatic heterocycles. The lowest BCUT2D eigenvalue weighted by atomic mass is 10.2. The lowest BCUT2D eigenvalue weighted by Gasteiger charge is -2.28. The van der Waals surface area contributed by atoms with E-state index in [1.54, 1.807) is 0 Å². The second-order valence-electron chi connectivity index (χ2n) is 4.64. The van der Waals surface area contributed by atoms with Crippen molar-refractivity contribution in [2.45, 2.75) is 58.3 Å². The van der Waals surface area contributed by atoms with Crippen LogP contribution in [0, 0.1) is 11.3 Å². The number of hydrogen-bond donors (Lipinski definition) is 0. The van der Waals surface area contributed by atoms with Crippen molar-refractivity contribution in [3.05, 3.63) is 0 Å². The van der Waals surface area contributed by atoms with E-state index in [2.05, 4.69) is 31.7 Å². The van der Waals surface area contributed by atoms with E-state index in [4.69, 9.17) is 10.00 Å². The molecule has 1 fully saturated rings. The predicted molar refractivity (Wildman–Crippen MR) is 60.5 cm³/mol. The molecule has 1 rings (SSSR count). The molecular weight excluding hydrogens is 188 g/mol. The van der Waals surface area contributed by atoms with Crippen LogP contribution < -0.4 is 0 Å². The van der Waals surface area contributed by atoms with Gasteiger partial charge in [0.2, 0.25) is 0 Å². The number of rotatable bonds is 5. The molecule has 1 saturated heterocycles. The fraction of sp³-hybridized carbons (Fsp3) is 0.917. The molecule has 86 valence electrons. The van der Waals surface area contributed by atoms with Crippen LogP contribution in [0.4, 0.5) is 0 Å². The summed E-state index contributed by atoms with van der Waals surface area (Å²) in [6.45, 7) is 8.33. The summed E-state index contributed by atoms with van der Waals surface area (Å²) in [6, 6.07) is 2.70. The summed E-state index contributed by atoms with van der Waals surface area (Å²) in [6.07, 6.45) is 3.74. The Bertz CT molecular complexity index is 222. The minimum Gasteiger partial charge on any atom is -0.374 e. The van der Waals surface area contributed by atoms with Gasteiger partial charge in [0, 0.05) is 25.6 Å². The third-order valence-corrected chi connectivity index (χ3v) is 3.00. The summed E-state index contributed by atoms with van der Waals surface area (Å²) in [4.78, 5) is 2.34. The molecule has 2 atom stereocenters. The van der Waals surface area contributed by atoms with Gasteiger partial charge in [-0.25, -0.2) is 0 Å². The van der Waals surface area contributed by atoms with Crippen molar-refractivity contribution in [1.29, 1.82) is 5.26 Å². The average Bonchev–Trinajstić information content (AvgIpc) is 2.58. The van der Waals surface area contributed by atoms with Crippen LogP contribution in [0.1, 0.15) is 40.0 Å². The van der Waals surface area contributed by atoms with Crippen LogP contribution in [0.15, 0.2) is 0 Å². The van der Waals surface area contributed by atoms with Crippen LogP contribution in [0.3, 0.4) is 0 Å². The fourth-order valence-electron chi connectivity index (χ4n) is 2.04. The highest BCUT2D eigenvalue weighted by atomic mass is 16.5. The highest BCUT2D eigenvalue weighted by Gasteiger charge is 2.24. The first-order valence-corrected chi connectivity index (χ1v) is 5.90. The van der Waals surface area contributed by atoms with Gasteiger partial charge < -0.3 is 4.74 Å². The SMILES string of the molecule is CC1CCC(CN(CCC#N)C(C)C)O1. The largest absolute Gasteiger partial charge is 0.374 e. The molecule has 0 spiro atoms. The molecule has 0 amide bonds. The molecule has 2 unspecified atom stereocenters. The minimum absolute atomic E-state index is 0.376. The first-order chi connectivity index (χ1) is 7.13. The Labute approximate surface area is 93.0 Å². The second kappa shape index (κ2) is 6.09. The lowest BCUT2D eigenvalue weighted by molar-refractivity contribution is 0.0252. The van der Waals surface area contributed by atoms with E-state index in [1.165, 1.54) is 6.42 Å². The second-order valence-corrected chi connectivity index (χ2v) is 4.64. The van der Waals surface area contributed by atoms with E-state index >= 15 is 0 Å². The molecular formula is C12H22N2O. The molecule has 15 heavy (non-hydrogen) atoms. The summed E-state index contributed by atoms with van der Waals surface area (Å²) < 4.78 is 5.80. The van der Waals surface area contributed by atoms with Gasteiger partial charge in [-0.15, -0.1) is 0 Å². The zero-order valence-corrected chi connectivity index (χ0v) is 10.1. The molecule has 0 bridgehead atoms. The van der Waals surface area contributed by atoms with Crippen molar-refractivity contribution in [3.63, 3.8) is 0 Å². The molecule has 1 heterocycles. The van der Waals surface area contributed by atoms with Gasteiger partial charge in [0.1, 0.15) is 0 Å². The molecule has 3 nitrogen and oxygen atoms in total. The number of nitrogens with zero attached hydrogens (tertiary/aromatic N) is 2. The van der Waals surface area contributed by atoms with Crippen molar-refractivity contribution in [3.8, 4) is 6.07 Å². The summed E-state index contributed by atoms with van der Waals surface area (Å²) in [5.74, 6) is 0. The molecule has 0 aliphatic carbocycles. The van der Waals surface area contributed by atoms with Crippen LogP contribution in [0.5, 0.6) is 0 Å². The Balaban J connectivity index is 2.34. The fourth-order valence-corrected chi connectivity index (χ4v) is 2.04. The molecule has 1 aliphatic rings. The third-order valence-electron chi connectivity index (χ3n) is 3.00. The van der Waals surface area contributed by atoms with Gasteiger partial charge in [-0.1, -0.05) is 0 Å². The molecule has 0 N–H and O–H groups in total. The zero-order chi connectivity index (χ0) is 11.3. The van der Waals surface area contributed by atoms with Crippen molar-refractivity contribution in [2.75, 3.05) is 13.1 Å². The highest BCUT2D eigenvalue weighted by Crippen LogP contribution is 2.20. The maximum absolute atomic E-state index is 8.59. The number of hydrogen-bond acceptors (Lipinski definition) is 3. The van der Waals surface area contributed by atoms with Gasteiger partial charge in [0.25, 0.3) is 0 Å². The van der Waals surface area contributed by atoms with E-state index in [9.17, 15) is 0 Å². The van der Waals surface area contributed by atoms with Gasteiger partial charge in [-0.3, -0.25) is 4.90 Å². The predicted octanol–water partition coefficient (Wildman–Crippen LogP) is 2.18. The van der Waals surface area contributed by atoms with Crippen LogP contribution in [0.2, 0.25) is 0 Å². The Kier molecular flexibility index (Phi) is 5.07. The number of ether oxygens (including phenoxy) is 1. The van der Waals surface area contributed by atoms with Crippen molar-refractivity contribution < 1.29 is 4.74 Å². The molecule has 0 aromatic rings. The van der Waals surface area contributed by atoms with E-state index in [0.717, 1.165) is 19.5 Å². The van der Waals surface area contributed by atoms with Crippen LogP contribution in [0.25, 0.3) is 0 Å². The van der Waals surface area contributed by atoms with Crippen molar-refractivity contribution >= 4 is 0 Å². The maximum atomic E-state index is 8.59. The summed E-state index contributed by atoms with van der Waals surface area (Å²) in [5, 5.41) is 8.59. The van der Waals surface area contributed by atoms with Crippen molar-refractivity contribution in [1.82, 2.24) is 4.90 Å². The Morgan fingerprint density at radius 2 is 2.20 bits per heavy atom. The summed E-state index contributed by atoms with van der Waals surface area (Å²) in [7, 11) is 0. The van der Waals surface area contributed by atoms with Gasteiger partial charge in [-0.2, -0.15) is 5.26 Å². The lowest BCUT2D eigenvalue weighted by Crippen LogP contribution is -2.38. The standard InChI is InChI=1S/C12H22N2O/c1-10(2)14(8-4-7-13)9-12-6-5-11(3)15-12/h10-12H,4-6,8-9H2,1-3H3. The third kappa shape index (κ3) is 4.19. The molecule has 0 radical (unpaired) electrons. The Hall–Kier alpha value is -0.590. The van der Waals surface area contributed by atoms with E-state index in [-0.39, 0.29) is 0 Å². The van der Waals surface area contributed by atoms with Crippen LogP contribution in [-0.2, 0) is 4.74 Å². The monoisotopic (exact) mass is 210 g/mol. The molecule has 0 aromatic carbocycles. The average molecular weight is 210 g/mol. The quantitative estimate of drug-likeness (QED) is 0.698. The first-order valence-electron chi connectivity index (χ1n) is 5.90. The minimum atomic E-state index is 0.376. The van der Waals surface area contributed by atoms with Crippen molar-refractivity contribution in [2.24, 2.45) is 0 Å². The van der Waals surface area contributed by atoms with E-state index in [1.807, 2.05) is 0 Å². The normalized spacial score (nSPS) is 26.1. The maximum Gasteiger partial charge on any atom is 0.0706 e. The smallest absolute Gasteiger partial charge is 0.0706 e. The topological polar surface area (TPSA) is 36.3 Å². The summed E-state index contributed by atoms with van der Waals surface area (Å²) >= 11 is 0. The Morgan fingerprint density at radius 1 is 1.47 bits per heavy atom. The van der Waals surface area contributed by atoms with Gasteiger partial charge >= 0.3 is 0 Å². The zero-order valence-electron chi connectivity index (χ0n) is 10.1. The van der Waals surface area contributed by atoms with Gasteiger partial charge in [0.05, 0.1) is 18.3 Å². The summed E-state index contributed by atoms with van der Waals surface area (Å²) in [5.41, 5.74) is 0. The first kappa shape index (κ1) is 12.5.